The zero-order chi connectivity index (χ0) is 21.5. The van der Waals surface area contributed by atoms with E-state index in [1.807, 2.05) is 38.1 Å². The highest BCUT2D eigenvalue weighted by molar-refractivity contribution is 7.89. The zero-order valence-electron chi connectivity index (χ0n) is 17.0. The van der Waals surface area contributed by atoms with Crippen LogP contribution in [0.1, 0.15) is 24.6 Å². The van der Waals surface area contributed by atoms with Gasteiger partial charge in [0.15, 0.2) is 11.5 Å². The van der Waals surface area contributed by atoms with E-state index in [1.165, 1.54) is 0 Å². The molecule has 9 heteroatoms. The molecule has 0 aliphatic heterocycles. The van der Waals surface area contributed by atoms with Gasteiger partial charge in [-0.15, -0.1) is 10.2 Å². The van der Waals surface area contributed by atoms with Gasteiger partial charge < -0.3 is 5.11 Å². The third-order valence-corrected chi connectivity index (χ3v) is 6.88. The number of nitrogens with one attached hydrogen (secondary N) is 1. The Hall–Kier alpha value is -2.88. The lowest BCUT2D eigenvalue weighted by molar-refractivity contribution is 0.254. The highest BCUT2D eigenvalue weighted by Gasteiger charge is 2.22. The Morgan fingerprint density at radius 3 is 2.53 bits per heavy atom. The molecule has 0 amide bonds. The minimum Gasteiger partial charge on any atom is -0.395 e. The molecule has 0 aliphatic rings. The fourth-order valence-electron chi connectivity index (χ4n) is 3.48. The second kappa shape index (κ2) is 7.75. The van der Waals surface area contributed by atoms with Gasteiger partial charge in [-0.25, -0.2) is 13.1 Å². The number of nitrogens with zero attached hydrogens (tertiary/aromatic N) is 4. The van der Waals surface area contributed by atoms with Crippen LogP contribution in [0.3, 0.4) is 0 Å². The summed E-state index contributed by atoms with van der Waals surface area (Å²) in [4.78, 5) is 0.140. The lowest BCUT2D eigenvalue weighted by Gasteiger charge is -2.16. The summed E-state index contributed by atoms with van der Waals surface area (Å²) in [5, 5.41) is 24.5. The fraction of sp³-hybridized carbons (Fsp3) is 0.286. The van der Waals surface area contributed by atoms with Crippen molar-refractivity contribution in [1.82, 2.24) is 24.5 Å². The van der Waals surface area contributed by atoms with Gasteiger partial charge in [-0.05, 0) is 31.9 Å². The molecule has 4 aromatic rings. The first-order valence-electron chi connectivity index (χ1n) is 9.70. The molecule has 4 rings (SSSR count). The van der Waals surface area contributed by atoms with Gasteiger partial charge in [-0.2, -0.15) is 9.61 Å². The highest BCUT2D eigenvalue weighted by Crippen LogP contribution is 2.27. The lowest BCUT2D eigenvalue weighted by Crippen LogP contribution is -2.37. The first-order valence-corrected chi connectivity index (χ1v) is 11.2. The Morgan fingerprint density at radius 2 is 1.83 bits per heavy atom. The van der Waals surface area contributed by atoms with Crippen molar-refractivity contribution in [3.8, 4) is 11.4 Å². The number of hydrogen-bond donors (Lipinski definition) is 2. The third-order valence-electron chi connectivity index (χ3n) is 5.22. The molecular weight excluding hydrogens is 402 g/mol. The van der Waals surface area contributed by atoms with E-state index in [0.29, 0.717) is 29.0 Å². The van der Waals surface area contributed by atoms with Crippen molar-refractivity contribution in [2.45, 2.75) is 38.1 Å². The van der Waals surface area contributed by atoms with Crippen LogP contribution in [0.4, 0.5) is 0 Å². The molecular formula is C21H23N5O3S. The van der Waals surface area contributed by atoms with E-state index in [1.54, 1.807) is 29.6 Å². The van der Waals surface area contributed by atoms with Crippen molar-refractivity contribution in [3.63, 3.8) is 0 Å². The first-order chi connectivity index (χ1) is 14.4. The Labute approximate surface area is 174 Å². The largest absolute Gasteiger partial charge is 0.395 e. The quantitative estimate of drug-likeness (QED) is 0.491. The van der Waals surface area contributed by atoms with E-state index in [-0.39, 0.29) is 11.5 Å². The minimum absolute atomic E-state index is 0.140. The van der Waals surface area contributed by atoms with Gasteiger partial charge in [0.1, 0.15) is 0 Å². The summed E-state index contributed by atoms with van der Waals surface area (Å²) in [6.45, 7) is 5.20. The molecule has 0 saturated carbocycles. The highest BCUT2D eigenvalue weighted by atomic mass is 32.2. The standard InChI is InChI=1S/C21H23N5O3S/c1-4-16(12-27)25-30(28,29)19-11-15(10-9-13(19)2)20-22-23-21-18-8-6-5-7-17(18)14(3)24-26(20)21/h5-11,16,25,27H,4,12H2,1-3H3. The second-order valence-electron chi connectivity index (χ2n) is 7.28. The number of hydrogen-bond acceptors (Lipinski definition) is 6. The number of fused-ring (bicyclic) bond motifs is 3. The Bertz CT molecular complexity index is 1340. The molecule has 2 aromatic carbocycles. The summed E-state index contributed by atoms with van der Waals surface area (Å²) in [6.07, 6.45) is 0.486. The summed E-state index contributed by atoms with van der Waals surface area (Å²) in [5.74, 6) is 0.463. The van der Waals surface area contributed by atoms with Crippen molar-refractivity contribution < 1.29 is 13.5 Å². The predicted molar refractivity (Wildman–Crippen MR) is 115 cm³/mol. The van der Waals surface area contributed by atoms with Crippen molar-refractivity contribution in [2.75, 3.05) is 6.61 Å². The van der Waals surface area contributed by atoms with Crippen molar-refractivity contribution in [2.24, 2.45) is 0 Å². The molecule has 0 spiro atoms. The topological polar surface area (TPSA) is 109 Å². The number of aromatic nitrogens is 4. The predicted octanol–water partition coefficient (Wildman–Crippen LogP) is 2.61. The molecule has 0 fully saturated rings. The maximum atomic E-state index is 12.9. The molecule has 30 heavy (non-hydrogen) atoms. The minimum atomic E-state index is -3.81. The first kappa shape index (κ1) is 20.4. The number of rotatable bonds is 6. The van der Waals surface area contributed by atoms with Gasteiger partial charge in [0, 0.05) is 22.4 Å². The lowest BCUT2D eigenvalue weighted by atomic mass is 10.1. The van der Waals surface area contributed by atoms with E-state index in [0.717, 1.165) is 16.5 Å². The van der Waals surface area contributed by atoms with E-state index >= 15 is 0 Å². The zero-order valence-corrected chi connectivity index (χ0v) is 17.8. The van der Waals surface area contributed by atoms with Gasteiger partial charge in [0.05, 0.1) is 17.2 Å². The van der Waals surface area contributed by atoms with E-state index in [2.05, 4.69) is 20.0 Å². The summed E-state index contributed by atoms with van der Waals surface area (Å²) in [6, 6.07) is 12.4. The molecule has 2 aromatic heterocycles. The normalized spacial score (nSPS) is 13.2. The molecule has 0 bridgehead atoms. The summed E-state index contributed by atoms with van der Waals surface area (Å²) < 4.78 is 30.0. The number of benzene rings is 2. The molecule has 0 saturated heterocycles. The van der Waals surface area contributed by atoms with Gasteiger partial charge in [-0.3, -0.25) is 0 Å². The van der Waals surface area contributed by atoms with Crippen molar-refractivity contribution in [3.05, 3.63) is 53.7 Å². The Balaban J connectivity index is 1.86. The van der Waals surface area contributed by atoms with Crippen LogP contribution in [-0.2, 0) is 10.0 Å². The molecule has 1 unspecified atom stereocenters. The summed E-state index contributed by atoms with van der Waals surface area (Å²) in [5.41, 5.74) is 2.63. The van der Waals surface area contributed by atoms with Crippen LogP contribution in [-0.4, -0.2) is 46.0 Å². The van der Waals surface area contributed by atoms with Gasteiger partial charge in [0.2, 0.25) is 10.0 Å². The number of sulfonamides is 1. The smallest absolute Gasteiger partial charge is 0.241 e. The third kappa shape index (κ3) is 3.45. The number of aliphatic hydroxyl groups excluding tert-OH is 1. The molecule has 1 atom stereocenters. The second-order valence-corrected chi connectivity index (χ2v) is 8.96. The van der Waals surface area contributed by atoms with Gasteiger partial charge >= 0.3 is 0 Å². The molecule has 2 heterocycles. The van der Waals surface area contributed by atoms with Crippen LogP contribution in [0.25, 0.3) is 27.8 Å². The van der Waals surface area contributed by atoms with E-state index in [4.69, 9.17) is 0 Å². The SMILES string of the molecule is CCC(CO)NS(=O)(=O)c1cc(-c2nnc3c4ccccc4c(C)nn23)ccc1C. The molecule has 0 aliphatic carbocycles. The van der Waals surface area contributed by atoms with Crippen LogP contribution < -0.4 is 4.72 Å². The van der Waals surface area contributed by atoms with E-state index < -0.39 is 16.1 Å². The molecule has 8 nitrogen and oxygen atoms in total. The van der Waals surface area contributed by atoms with Crippen LogP contribution in [0.15, 0.2) is 47.4 Å². The Morgan fingerprint density at radius 1 is 1.10 bits per heavy atom. The van der Waals surface area contributed by atoms with Crippen LogP contribution in [0, 0.1) is 13.8 Å². The van der Waals surface area contributed by atoms with Crippen LogP contribution >= 0.6 is 0 Å². The van der Waals surface area contributed by atoms with Crippen molar-refractivity contribution >= 4 is 26.4 Å². The average molecular weight is 426 g/mol. The Kier molecular flexibility index (Phi) is 5.27. The summed E-state index contributed by atoms with van der Waals surface area (Å²) in [7, 11) is -3.81. The average Bonchev–Trinajstić information content (AvgIpc) is 3.16. The number of aliphatic hydroxyl groups is 1. The maximum absolute atomic E-state index is 12.9. The fourth-order valence-corrected chi connectivity index (χ4v) is 5.06. The van der Waals surface area contributed by atoms with Crippen LogP contribution in [0.5, 0.6) is 0 Å². The maximum Gasteiger partial charge on any atom is 0.241 e. The molecule has 2 N–H and O–H groups in total. The molecule has 156 valence electrons. The van der Waals surface area contributed by atoms with Gasteiger partial charge in [0.25, 0.3) is 0 Å². The summed E-state index contributed by atoms with van der Waals surface area (Å²) >= 11 is 0. The van der Waals surface area contributed by atoms with Gasteiger partial charge in [-0.1, -0.05) is 43.3 Å². The van der Waals surface area contributed by atoms with E-state index in [9.17, 15) is 13.5 Å². The van der Waals surface area contributed by atoms with Crippen LogP contribution in [0.2, 0.25) is 0 Å². The number of aryl methyl sites for hydroxylation is 2. The molecule has 0 radical (unpaired) electrons. The van der Waals surface area contributed by atoms with Crippen molar-refractivity contribution in [1.29, 1.82) is 0 Å². The monoisotopic (exact) mass is 425 g/mol.